The Morgan fingerprint density at radius 2 is 2.31 bits per heavy atom. The maximum absolute atomic E-state index is 10.5. The van der Waals surface area contributed by atoms with E-state index in [-0.39, 0.29) is 0 Å². The fourth-order valence-corrected chi connectivity index (χ4v) is 1.90. The lowest BCUT2D eigenvalue weighted by molar-refractivity contribution is 0.111. The second-order valence-corrected chi connectivity index (χ2v) is 4.51. The Bertz CT molecular complexity index is 339. The van der Waals surface area contributed by atoms with Gasteiger partial charge in [0.2, 0.25) is 0 Å². The molecular formula is C10H14N2O. The molecule has 0 spiro atoms. The van der Waals surface area contributed by atoms with E-state index in [0.717, 1.165) is 36.9 Å². The number of imidazole rings is 1. The van der Waals surface area contributed by atoms with E-state index in [1.54, 1.807) is 0 Å². The number of rotatable bonds is 1. The average Bonchev–Trinajstić information content (AvgIpc) is 2.44. The van der Waals surface area contributed by atoms with Gasteiger partial charge in [0.05, 0.1) is 5.69 Å². The van der Waals surface area contributed by atoms with Gasteiger partial charge in [-0.1, -0.05) is 13.8 Å². The molecule has 70 valence electrons. The number of carbonyl (C=O) groups excluding carboxylic acids is 1. The van der Waals surface area contributed by atoms with Crippen LogP contribution in [-0.4, -0.2) is 16.3 Å². The molecule has 13 heavy (non-hydrogen) atoms. The quantitative estimate of drug-likeness (QED) is 0.666. The van der Waals surface area contributed by atoms with Gasteiger partial charge >= 0.3 is 0 Å². The van der Waals surface area contributed by atoms with E-state index in [0.29, 0.717) is 11.2 Å². The van der Waals surface area contributed by atoms with Gasteiger partial charge in [0.1, 0.15) is 0 Å². The Kier molecular flexibility index (Phi) is 1.75. The molecule has 1 aliphatic rings. The minimum atomic E-state index is 0.347. The lowest BCUT2D eigenvalue weighted by Gasteiger charge is -2.28. The molecule has 0 aromatic carbocycles. The summed E-state index contributed by atoms with van der Waals surface area (Å²) in [6.07, 6.45) is 3.93. The fourth-order valence-electron chi connectivity index (χ4n) is 1.90. The molecular weight excluding hydrogens is 164 g/mol. The van der Waals surface area contributed by atoms with Crippen LogP contribution in [0.25, 0.3) is 0 Å². The Morgan fingerprint density at radius 1 is 1.54 bits per heavy atom. The summed E-state index contributed by atoms with van der Waals surface area (Å²) in [7, 11) is 0. The summed E-state index contributed by atoms with van der Waals surface area (Å²) in [6.45, 7) is 4.49. The van der Waals surface area contributed by atoms with Gasteiger partial charge in [-0.25, -0.2) is 4.98 Å². The predicted molar refractivity (Wildman–Crippen MR) is 49.8 cm³/mol. The second-order valence-electron chi connectivity index (χ2n) is 4.51. The number of aromatic nitrogens is 2. The lowest BCUT2D eigenvalue weighted by Crippen LogP contribution is -2.21. The summed E-state index contributed by atoms with van der Waals surface area (Å²) in [5, 5.41) is 0. The number of hydrogen-bond acceptors (Lipinski definition) is 2. The topological polar surface area (TPSA) is 45.8 Å². The number of H-pyrrole nitrogens is 1. The van der Waals surface area contributed by atoms with Gasteiger partial charge < -0.3 is 4.98 Å². The van der Waals surface area contributed by atoms with Crippen LogP contribution in [0.5, 0.6) is 0 Å². The molecule has 0 radical (unpaired) electrons. The van der Waals surface area contributed by atoms with Crippen LogP contribution < -0.4 is 0 Å². The van der Waals surface area contributed by atoms with Gasteiger partial charge in [0, 0.05) is 5.69 Å². The number of aryl methyl sites for hydroxylation is 1. The normalized spacial score (nSPS) is 19.5. The van der Waals surface area contributed by atoms with Gasteiger partial charge in [0.15, 0.2) is 12.1 Å². The third-order valence-electron chi connectivity index (χ3n) is 2.69. The third kappa shape index (κ3) is 1.50. The third-order valence-corrected chi connectivity index (χ3v) is 2.69. The maximum Gasteiger partial charge on any atom is 0.185 e. The second kappa shape index (κ2) is 2.69. The van der Waals surface area contributed by atoms with Crippen LogP contribution >= 0.6 is 0 Å². The Morgan fingerprint density at radius 3 is 3.00 bits per heavy atom. The highest BCUT2D eigenvalue weighted by atomic mass is 16.1. The molecule has 0 amide bonds. The summed E-state index contributed by atoms with van der Waals surface area (Å²) in [5.74, 6) is 0.475. The molecule has 0 bridgehead atoms. The van der Waals surface area contributed by atoms with Crippen molar-refractivity contribution in [3.8, 4) is 0 Å². The standard InChI is InChI=1S/C10H14N2O/c1-10(2)4-3-7-8(5-10)12-9(6-13)11-7/h6H,3-5H2,1-2H3,(H,11,12). The first-order chi connectivity index (χ1) is 6.11. The monoisotopic (exact) mass is 178 g/mol. The highest BCUT2D eigenvalue weighted by Crippen LogP contribution is 2.33. The number of aromatic amines is 1. The van der Waals surface area contributed by atoms with Crippen LogP contribution in [0.4, 0.5) is 0 Å². The molecule has 0 saturated carbocycles. The van der Waals surface area contributed by atoms with E-state index < -0.39 is 0 Å². The molecule has 1 aliphatic carbocycles. The van der Waals surface area contributed by atoms with E-state index in [4.69, 9.17) is 0 Å². The first kappa shape index (κ1) is 8.48. The van der Waals surface area contributed by atoms with Crippen LogP contribution in [-0.2, 0) is 12.8 Å². The summed E-state index contributed by atoms with van der Waals surface area (Å²) < 4.78 is 0. The molecule has 1 aromatic rings. The van der Waals surface area contributed by atoms with Gasteiger partial charge in [-0.15, -0.1) is 0 Å². The predicted octanol–water partition coefficient (Wildman–Crippen LogP) is 1.74. The van der Waals surface area contributed by atoms with Gasteiger partial charge in [-0.2, -0.15) is 0 Å². The summed E-state index contributed by atoms with van der Waals surface area (Å²) in [4.78, 5) is 17.8. The number of nitrogens with one attached hydrogen (secondary N) is 1. The molecule has 2 rings (SSSR count). The SMILES string of the molecule is CC1(C)CCc2nc(C=O)[nH]c2C1. The molecule has 3 nitrogen and oxygen atoms in total. The number of fused-ring (bicyclic) bond motifs is 1. The van der Waals surface area contributed by atoms with Gasteiger partial charge in [0.25, 0.3) is 0 Å². The molecule has 1 heterocycles. The highest BCUT2D eigenvalue weighted by Gasteiger charge is 2.27. The summed E-state index contributed by atoms with van der Waals surface area (Å²) in [5.41, 5.74) is 2.58. The molecule has 3 heteroatoms. The van der Waals surface area contributed by atoms with Crippen molar-refractivity contribution >= 4 is 6.29 Å². The van der Waals surface area contributed by atoms with Crippen LogP contribution in [0.15, 0.2) is 0 Å². The Labute approximate surface area is 77.6 Å². The first-order valence-electron chi connectivity index (χ1n) is 4.64. The van der Waals surface area contributed by atoms with Crippen molar-refractivity contribution in [2.75, 3.05) is 0 Å². The lowest BCUT2D eigenvalue weighted by atomic mass is 9.78. The first-order valence-corrected chi connectivity index (χ1v) is 4.64. The Balaban J connectivity index is 2.35. The summed E-state index contributed by atoms with van der Waals surface area (Å²) >= 11 is 0. The number of hydrogen-bond donors (Lipinski definition) is 1. The number of carbonyl (C=O) groups is 1. The average molecular weight is 178 g/mol. The van der Waals surface area contributed by atoms with Crippen molar-refractivity contribution < 1.29 is 4.79 Å². The summed E-state index contributed by atoms with van der Waals surface area (Å²) in [6, 6.07) is 0. The van der Waals surface area contributed by atoms with Crippen LogP contribution in [0.2, 0.25) is 0 Å². The molecule has 0 unspecified atom stereocenters. The molecule has 0 aliphatic heterocycles. The van der Waals surface area contributed by atoms with Crippen LogP contribution in [0.3, 0.4) is 0 Å². The van der Waals surface area contributed by atoms with E-state index in [1.807, 2.05) is 0 Å². The van der Waals surface area contributed by atoms with Crippen molar-refractivity contribution in [2.45, 2.75) is 33.1 Å². The van der Waals surface area contributed by atoms with E-state index in [1.165, 1.54) is 0 Å². The molecule has 0 atom stereocenters. The maximum atomic E-state index is 10.5. The van der Waals surface area contributed by atoms with E-state index >= 15 is 0 Å². The zero-order chi connectivity index (χ0) is 9.47. The minimum absolute atomic E-state index is 0.347. The van der Waals surface area contributed by atoms with Crippen LogP contribution in [0, 0.1) is 5.41 Å². The van der Waals surface area contributed by atoms with Crippen molar-refractivity contribution in [3.05, 3.63) is 17.2 Å². The van der Waals surface area contributed by atoms with Crippen molar-refractivity contribution in [3.63, 3.8) is 0 Å². The fraction of sp³-hybridized carbons (Fsp3) is 0.600. The minimum Gasteiger partial charge on any atom is -0.339 e. The molecule has 0 fully saturated rings. The van der Waals surface area contributed by atoms with Gasteiger partial charge in [-0.3, -0.25) is 4.79 Å². The molecule has 0 saturated heterocycles. The van der Waals surface area contributed by atoms with E-state index in [2.05, 4.69) is 23.8 Å². The van der Waals surface area contributed by atoms with E-state index in [9.17, 15) is 4.79 Å². The van der Waals surface area contributed by atoms with Crippen molar-refractivity contribution in [1.82, 2.24) is 9.97 Å². The van der Waals surface area contributed by atoms with Crippen molar-refractivity contribution in [1.29, 1.82) is 0 Å². The van der Waals surface area contributed by atoms with Crippen LogP contribution in [0.1, 0.15) is 42.3 Å². The van der Waals surface area contributed by atoms with Crippen molar-refractivity contribution in [2.24, 2.45) is 5.41 Å². The highest BCUT2D eigenvalue weighted by molar-refractivity contribution is 5.69. The number of nitrogens with zero attached hydrogens (tertiary/aromatic N) is 1. The molecule has 1 N–H and O–H groups in total. The smallest absolute Gasteiger partial charge is 0.185 e. The largest absolute Gasteiger partial charge is 0.339 e. The Hall–Kier alpha value is -1.12. The number of aldehydes is 1. The molecule has 1 aromatic heterocycles. The van der Waals surface area contributed by atoms with Gasteiger partial charge in [-0.05, 0) is 24.7 Å². The zero-order valence-electron chi connectivity index (χ0n) is 8.05. The zero-order valence-corrected chi connectivity index (χ0v) is 8.05.